The van der Waals surface area contributed by atoms with Gasteiger partial charge in [-0.3, -0.25) is 4.79 Å². The fourth-order valence-corrected chi connectivity index (χ4v) is 1.20. The predicted octanol–water partition coefficient (Wildman–Crippen LogP) is 2.19. The van der Waals surface area contributed by atoms with E-state index in [1.165, 1.54) is 0 Å². The molecule has 1 aromatic heterocycles. The van der Waals surface area contributed by atoms with Crippen molar-refractivity contribution in [2.75, 3.05) is 0 Å². The SMILES string of the molecule is [N-]=[N+]=NC(=O)c1nonc1-c1ccccc1. The molecule has 1 heterocycles. The number of nitrogens with zero attached hydrogens (tertiary/aromatic N) is 5. The first-order valence-corrected chi connectivity index (χ1v) is 4.30. The van der Waals surface area contributed by atoms with Crippen LogP contribution in [0.15, 0.2) is 40.1 Å². The Morgan fingerprint density at radius 3 is 2.75 bits per heavy atom. The molecular formula is C9H5N5O2. The molecule has 0 aliphatic rings. The maximum Gasteiger partial charge on any atom is 0.273 e. The maximum atomic E-state index is 11.3. The first kappa shape index (κ1) is 9.88. The molecular weight excluding hydrogens is 210 g/mol. The molecule has 0 fully saturated rings. The number of benzene rings is 1. The molecule has 0 N–H and O–H groups in total. The summed E-state index contributed by atoms with van der Waals surface area (Å²) in [5, 5.41) is 9.94. The number of amides is 1. The Labute approximate surface area is 89.3 Å². The van der Waals surface area contributed by atoms with E-state index in [1.54, 1.807) is 24.3 Å². The van der Waals surface area contributed by atoms with Gasteiger partial charge >= 0.3 is 0 Å². The molecule has 0 radical (unpaired) electrons. The van der Waals surface area contributed by atoms with Gasteiger partial charge in [0.15, 0.2) is 5.69 Å². The van der Waals surface area contributed by atoms with Gasteiger partial charge in [-0.1, -0.05) is 30.3 Å². The first-order chi connectivity index (χ1) is 7.83. The second-order valence-electron chi connectivity index (χ2n) is 2.82. The number of rotatable bonds is 2. The summed E-state index contributed by atoms with van der Waals surface area (Å²) < 4.78 is 4.46. The average Bonchev–Trinajstić information content (AvgIpc) is 2.79. The van der Waals surface area contributed by atoms with Crippen LogP contribution in [-0.2, 0) is 0 Å². The summed E-state index contributed by atoms with van der Waals surface area (Å²) in [5.74, 6) is -0.817. The minimum Gasteiger partial charge on any atom is -0.285 e. The monoisotopic (exact) mass is 215 g/mol. The van der Waals surface area contributed by atoms with Gasteiger partial charge in [-0.2, -0.15) is 0 Å². The van der Waals surface area contributed by atoms with Crippen molar-refractivity contribution in [3.63, 3.8) is 0 Å². The van der Waals surface area contributed by atoms with E-state index in [1.807, 2.05) is 6.07 Å². The number of azide groups is 1. The Morgan fingerprint density at radius 2 is 2.06 bits per heavy atom. The van der Waals surface area contributed by atoms with Gasteiger partial charge in [-0.05, 0) is 21.0 Å². The number of hydrogen-bond donors (Lipinski definition) is 0. The zero-order chi connectivity index (χ0) is 11.4. The Morgan fingerprint density at radius 1 is 1.31 bits per heavy atom. The third-order valence-corrected chi connectivity index (χ3v) is 1.87. The summed E-state index contributed by atoms with van der Waals surface area (Å²) in [7, 11) is 0. The third kappa shape index (κ3) is 1.75. The molecule has 7 nitrogen and oxygen atoms in total. The van der Waals surface area contributed by atoms with Crippen molar-refractivity contribution < 1.29 is 9.42 Å². The Hall–Kier alpha value is -2.66. The lowest BCUT2D eigenvalue weighted by molar-refractivity contribution is 0.0991. The predicted molar refractivity (Wildman–Crippen MR) is 53.2 cm³/mol. The van der Waals surface area contributed by atoms with Crippen LogP contribution in [0, 0.1) is 0 Å². The topological polar surface area (TPSA) is 105 Å². The number of carbonyl (C=O) groups is 1. The van der Waals surface area contributed by atoms with Gasteiger partial charge in [-0.25, -0.2) is 4.63 Å². The summed E-state index contributed by atoms with van der Waals surface area (Å²) in [6, 6.07) is 8.88. The van der Waals surface area contributed by atoms with Gasteiger partial charge in [0, 0.05) is 10.5 Å². The van der Waals surface area contributed by atoms with Crippen LogP contribution < -0.4 is 0 Å². The van der Waals surface area contributed by atoms with Gasteiger partial charge in [0.05, 0.1) is 0 Å². The van der Waals surface area contributed by atoms with E-state index in [0.29, 0.717) is 5.56 Å². The molecule has 2 aromatic rings. The summed E-state index contributed by atoms with van der Waals surface area (Å²) in [6.45, 7) is 0. The van der Waals surface area contributed by atoms with Gasteiger partial charge in [0.2, 0.25) is 0 Å². The van der Waals surface area contributed by atoms with Crippen molar-refractivity contribution in [3.8, 4) is 11.3 Å². The van der Waals surface area contributed by atoms with E-state index in [9.17, 15) is 4.79 Å². The van der Waals surface area contributed by atoms with E-state index < -0.39 is 5.91 Å². The summed E-state index contributed by atoms with van der Waals surface area (Å²) in [6.07, 6.45) is 0. The van der Waals surface area contributed by atoms with Crippen molar-refractivity contribution >= 4 is 5.91 Å². The molecule has 0 atom stereocenters. The van der Waals surface area contributed by atoms with Crippen LogP contribution in [0.3, 0.4) is 0 Å². The smallest absolute Gasteiger partial charge is 0.273 e. The molecule has 0 unspecified atom stereocenters. The number of carbonyl (C=O) groups excluding carboxylic acids is 1. The fourth-order valence-electron chi connectivity index (χ4n) is 1.20. The Kier molecular flexibility index (Phi) is 2.62. The lowest BCUT2D eigenvalue weighted by Gasteiger charge is -1.94. The van der Waals surface area contributed by atoms with Crippen LogP contribution in [-0.4, -0.2) is 16.2 Å². The maximum absolute atomic E-state index is 11.3. The van der Waals surface area contributed by atoms with Gasteiger partial charge < -0.3 is 0 Å². The lowest BCUT2D eigenvalue weighted by Crippen LogP contribution is -1.96. The lowest BCUT2D eigenvalue weighted by atomic mass is 10.1. The quantitative estimate of drug-likeness (QED) is 0.434. The van der Waals surface area contributed by atoms with E-state index in [4.69, 9.17) is 5.53 Å². The molecule has 0 bridgehead atoms. The molecule has 16 heavy (non-hydrogen) atoms. The fraction of sp³-hybridized carbons (Fsp3) is 0. The van der Waals surface area contributed by atoms with Gasteiger partial charge in [-0.15, -0.1) is 0 Å². The molecule has 0 saturated carbocycles. The molecule has 78 valence electrons. The second kappa shape index (κ2) is 4.24. The summed E-state index contributed by atoms with van der Waals surface area (Å²) in [5.41, 5.74) is 8.99. The summed E-state index contributed by atoms with van der Waals surface area (Å²) in [4.78, 5) is 13.7. The molecule has 0 saturated heterocycles. The van der Waals surface area contributed by atoms with Crippen molar-refractivity contribution in [1.82, 2.24) is 10.3 Å². The van der Waals surface area contributed by atoms with Crippen LogP contribution in [0.5, 0.6) is 0 Å². The van der Waals surface area contributed by atoms with Crippen LogP contribution in [0.25, 0.3) is 21.7 Å². The second-order valence-corrected chi connectivity index (χ2v) is 2.82. The van der Waals surface area contributed by atoms with Crippen LogP contribution in [0.1, 0.15) is 10.5 Å². The molecule has 0 aliphatic carbocycles. The van der Waals surface area contributed by atoms with Gasteiger partial charge in [0.25, 0.3) is 5.91 Å². The van der Waals surface area contributed by atoms with Crippen molar-refractivity contribution in [2.45, 2.75) is 0 Å². The highest BCUT2D eigenvalue weighted by Gasteiger charge is 2.17. The molecule has 1 aromatic carbocycles. The normalized spacial score (nSPS) is 9.50. The summed E-state index contributed by atoms with van der Waals surface area (Å²) >= 11 is 0. The Bertz CT molecular complexity index is 556. The zero-order valence-corrected chi connectivity index (χ0v) is 7.94. The van der Waals surface area contributed by atoms with Gasteiger partial charge in [0.1, 0.15) is 5.69 Å². The average molecular weight is 215 g/mol. The van der Waals surface area contributed by atoms with E-state index in [-0.39, 0.29) is 11.4 Å². The van der Waals surface area contributed by atoms with E-state index in [0.717, 1.165) is 0 Å². The largest absolute Gasteiger partial charge is 0.285 e. The highest BCUT2D eigenvalue weighted by Crippen LogP contribution is 2.20. The molecule has 2 rings (SSSR count). The third-order valence-electron chi connectivity index (χ3n) is 1.87. The van der Waals surface area contributed by atoms with Crippen molar-refractivity contribution in [3.05, 3.63) is 46.5 Å². The first-order valence-electron chi connectivity index (χ1n) is 4.30. The Balaban J connectivity index is 2.48. The minimum atomic E-state index is -0.817. The van der Waals surface area contributed by atoms with Crippen LogP contribution >= 0.6 is 0 Å². The standard InChI is InChI=1S/C9H5N5O2/c10-14-11-9(15)8-7(12-16-13-8)6-4-2-1-3-5-6/h1-5H. The van der Waals surface area contributed by atoms with Crippen molar-refractivity contribution in [2.24, 2.45) is 5.11 Å². The van der Waals surface area contributed by atoms with E-state index in [2.05, 4.69) is 25.0 Å². The van der Waals surface area contributed by atoms with Crippen LogP contribution in [0.2, 0.25) is 0 Å². The van der Waals surface area contributed by atoms with E-state index >= 15 is 0 Å². The molecule has 1 amide bonds. The number of aromatic nitrogens is 2. The molecule has 0 spiro atoms. The molecule has 7 heteroatoms. The zero-order valence-electron chi connectivity index (χ0n) is 7.94. The van der Waals surface area contributed by atoms with Crippen LogP contribution in [0.4, 0.5) is 0 Å². The highest BCUT2D eigenvalue weighted by molar-refractivity contribution is 5.98. The number of hydrogen-bond acceptors (Lipinski definition) is 4. The minimum absolute atomic E-state index is 0.0935. The highest BCUT2D eigenvalue weighted by atomic mass is 16.6. The van der Waals surface area contributed by atoms with Crippen molar-refractivity contribution in [1.29, 1.82) is 0 Å². The molecule has 0 aliphatic heterocycles.